The van der Waals surface area contributed by atoms with Gasteiger partial charge in [-0.25, -0.2) is 8.42 Å². The smallest absolute Gasteiger partial charge is 0.246 e. The SMILES string of the molecule is C[C@@H](Nc1ccc2c(c1)CCC2)C(=O)Nc1ccc(S(=O)(=O)N2CCCC2)cc1. The lowest BCUT2D eigenvalue weighted by molar-refractivity contribution is -0.116. The Labute approximate surface area is 172 Å². The van der Waals surface area contributed by atoms with E-state index in [4.69, 9.17) is 0 Å². The fourth-order valence-electron chi connectivity index (χ4n) is 4.02. The quantitative estimate of drug-likeness (QED) is 0.761. The molecule has 1 amide bonds. The van der Waals surface area contributed by atoms with Gasteiger partial charge in [-0.15, -0.1) is 0 Å². The summed E-state index contributed by atoms with van der Waals surface area (Å²) < 4.78 is 26.7. The lowest BCUT2D eigenvalue weighted by atomic mass is 10.1. The Hall–Kier alpha value is -2.38. The first kappa shape index (κ1) is 19.9. The molecule has 6 nitrogen and oxygen atoms in total. The van der Waals surface area contributed by atoms with Crippen molar-refractivity contribution in [1.29, 1.82) is 0 Å². The summed E-state index contributed by atoms with van der Waals surface area (Å²) in [5.41, 5.74) is 4.28. The first-order chi connectivity index (χ1) is 13.9. The maximum atomic E-state index is 12.6. The molecular formula is C22H27N3O3S. The number of benzene rings is 2. The van der Waals surface area contributed by atoms with Gasteiger partial charge >= 0.3 is 0 Å². The molecule has 29 heavy (non-hydrogen) atoms. The van der Waals surface area contributed by atoms with Crippen molar-refractivity contribution < 1.29 is 13.2 Å². The average Bonchev–Trinajstić information content (AvgIpc) is 3.40. The molecule has 2 aromatic rings. The van der Waals surface area contributed by atoms with Crippen molar-refractivity contribution in [3.8, 4) is 0 Å². The maximum Gasteiger partial charge on any atom is 0.246 e. The van der Waals surface area contributed by atoms with Crippen LogP contribution in [0.5, 0.6) is 0 Å². The number of sulfonamides is 1. The molecule has 0 saturated carbocycles. The summed E-state index contributed by atoms with van der Waals surface area (Å²) in [6.07, 6.45) is 5.23. The Morgan fingerprint density at radius 2 is 1.59 bits per heavy atom. The molecule has 2 N–H and O–H groups in total. The molecule has 7 heteroatoms. The van der Waals surface area contributed by atoms with Crippen LogP contribution in [0.2, 0.25) is 0 Å². The van der Waals surface area contributed by atoms with E-state index in [2.05, 4.69) is 22.8 Å². The van der Waals surface area contributed by atoms with Crippen LogP contribution in [0.25, 0.3) is 0 Å². The highest BCUT2D eigenvalue weighted by Crippen LogP contribution is 2.25. The number of nitrogens with one attached hydrogen (secondary N) is 2. The second kappa shape index (κ2) is 8.16. The molecule has 0 spiro atoms. The van der Waals surface area contributed by atoms with E-state index in [1.54, 1.807) is 24.3 Å². The van der Waals surface area contributed by atoms with Crippen molar-refractivity contribution in [2.75, 3.05) is 23.7 Å². The highest BCUT2D eigenvalue weighted by molar-refractivity contribution is 7.89. The van der Waals surface area contributed by atoms with Gasteiger partial charge in [-0.05, 0) is 86.6 Å². The van der Waals surface area contributed by atoms with E-state index in [0.717, 1.165) is 31.4 Å². The summed E-state index contributed by atoms with van der Waals surface area (Å²) in [5.74, 6) is -0.166. The third kappa shape index (κ3) is 4.31. The van der Waals surface area contributed by atoms with Crippen LogP contribution in [0, 0.1) is 0 Å². The molecule has 154 valence electrons. The number of hydrogen-bond acceptors (Lipinski definition) is 4. The number of nitrogens with zero attached hydrogens (tertiary/aromatic N) is 1. The summed E-state index contributed by atoms with van der Waals surface area (Å²) in [6, 6.07) is 12.3. The van der Waals surface area contributed by atoms with Crippen LogP contribution in [-0.2, 0) is 27.7 Å². The molecule has 0 aromatic heterocycles. The van der Waals surface area contributed by atoms with Gasteiger partial charge in [-0.2, -0.15) is 4.31 Å². The monoisotopic (exact) mass is 413 g/mol. The fraction of sp³-hybridized carbons (Fsp3) is 0.409. The van der Waals surface area contributed by atoms with Crippen molar-refractivity contribution in [2.24, 2.45) is 0 Å². The molecule has 4 rings (SSSR count). The van der Waals surface area contributed by atoms with E-state index in [1.807, 2.05) is 13.0 Å². The summed E-state index contributed by atoms with van der Waals surface area (Å²) in [6.45, 7) is 2.97. The van der Waals surface area contributed by atoms with Crippen LogP contribution in [-0.4, -0.2) is 37.8 Å². The number of aryl methyl sites for hydroxylation is 2. The Morgan fingerprint density at radius 3 is 2.31 bits per heavy atom. The van der Waals surface area contributed by atoms with E-state index in [1.165, 1.54) is 21.9 Å². The predicted molar refractivity (Wildman–Crippen MR) is 115 cm³/mol. The van der Waals surface area contributed by atoms with Crippen molar-refractivity contribution in [3.05, 3.63) is 53.6 Å². The van der Waals surface area contributed by atoms with Gasteiger partial charge in [0.1, 0.15) is 6.04 Å². The van der Waals surface area contributed by atoms with Crippen LogP contribution in [0.1, 0.15) is 37.3 Å². The lowest BCUT2D eigenvalue weighted by Crippen LogP contribution is -2.32. The minimum Gasteiger partial charge on any atom is -0.374 e. The number of rotatable bonds is 6. The van der Waals surface area contributed by atoms with E-state index < -0.39 is 16.1 Å². The molecule has 2 aliphatic rings. The minimum atomic E-state index is -3.44. The van der Waals surface area contributed by atoms with Crippen LogP contribution in [0.4, 0.5) is 11.4 Å². The largest absolute Gasteiger partial charge is 0.374 e. The molecule has 1 saturated heterocycles. The second-order valence-electron chi connectivity index (χ2n) is 7.83. The normalized spacial score (nSPS) is 17.7. The topological polar surface area (TPSA) is 78.5 Å². The van der Waals surface area contributed by atoms with Crippen LogP contribution >= 0.6 is 0 Å². The van der Waals surface area contributed by atoms with Gasteiger partial charge in [-0.1, -0.05) is 6.07 Å². The van der Waals surface area contributed by atoms with Gasteiger partial charge in [-0.3, -0.25) is 4.79 Å². The first-order valence-electron chi connectivity index (χ1n) is 10.2. The zero-order valence-corrected chi connectivity index (χ0v) is 17.5. The Morgan fingerprint density at radius 1 is 0.931 bits per heavy atom. The van der Waals surface area contributed by atoms with Crippen LogP contribution in [0.15, 0.2) is 47.4 Å². The van der Waals surface area contributed by atoms with Gasteiger partial charge < -0.3 is 10.6 Å². The van der Waals surface area contributed by atoms with Gasteiger partial charge in [0, 0.05) is 24.5 Å². The average molecular weight is 414 g/mol. The molecular weight excluding hydrogens is 386 g/mol. The summed E-state index contributed by atoms with van der Waals surface area (Å²) in [7, 11) is -3.44. The van der Waals surface area contributed by atoms with Crippen LogP contribution in [0.3, 0.4) is 0 Å². The van der Waals surface area contributed by atoms with Crippen molar-refractivity contribution >= 4 is 27.3 Å². The minimum absolute atomic E-state index is 0.166. The van der Waals surface area contributed by atoms with Gasteiger partial charge in [0.15, 0.2) is 0 Å². The number of carbonyl (C=O) groups excluding carboxylic acids is 1. The highest BCUT2D eigenvalue weighted by atomic mass is 32.2. The summed E-state index contributed by atoms with van der Waals surface area (Å²) in [4.78, 5) is 12.8. The third-order valence-corrected chi connectivity index (χ3v) is 7.61. The fourth-order valence-corrected chi connectivity index (χ4v) is 5.53. The van der Waals surface area contributed by atoms with E-state index in [-0.39, 0.29) is 10.8 Å². The molecule has 1 aliphatic heterocycles. The van der Waals surface area contributed by atoms with E-state index in [9.17, 15) is 13.2 Å². The predicted octanol–water partition coefficient (Wildman–Crippen LogP) is 3.40. The lowest BCUT2D eigenvalue weighted by Gasteiger charge is -2.17. The third-order valence-electron chi connectivity index (χ3n) is 5.70. The highest BCUT2D eigenvalue weighted by Gasteiger charge is 2.27. The second-order valence-corrected chi connectivity index (χ2v) is 9.77. The van der Waals surface area contributed by atoms with Crippen molar-refractivity contribution in [1.82, 2.24) is 4.31 Å². The molecule has 2 aromatic carbocycles. The zero-order valence-electron chi connectivity index (χ0n) is 16.6. The summed E-state index contributed by atoms with van der Waals surface area (Å²) >= 11 is 0. The first-order valence-corrected chi connectivity index (χ1v) is 11.7. The van der Waals surface area contributed by atoms with Crippen molar-refractivity contribution in [2.45, 2.75) is 50.0 Å². The molecule has 0 radical (unpaired) electrons. The Kier molecular flexibility index (Phi) is 5.61. The van der Waals surface area contributed by atoms with E-state index >= 15 is 0 Å². The zero-order chi connectivity index (χ0) is 20.4. The Bertz CT molecular complexity index is 996. The standard InChI is InChI=1S/C22H27N3O3S/c1-16(23-20-8-7-17-5-4-6-18(17)15-20)22(26)24-19-9-11-21(12-10-19)29(27,28)25-13-2-3-14-25/h7-12,15-16,23H,2-6,13-14H2,1H3,(H,24,26)/t16-/m1/s1. The number of hydrogen-bond donors (Lipinski definition) is 2. The van der Waals surface area contributed by atoms with Gasteiger partial charge in [0.05, 0.1) is 4.90 Å². The summed E-state index contributed by atoms with van der Waals surface area (Å²) in [5, 5.41) is 6.10. The number of fused-ring (bicyclic) bond motifs is 1. The van der Waals surface area contributed by atoms with Gasteiger partial charge in [0.2, 0.25) is 15.9 Å². The molecule has 1 atom stereocenters. The Balaban J connectivity index is 1.37. The van der Waals surface area contributed by atoms with E-state index in [0.29, 0.717) is 18.8 Å². The number of anilines is 2. The van der Waals surface area contributed by atoms with Gasteiger partial charge in [0.25, 0.3) is 0 Å². The molecule has 1 fully saturated rings. The number of carbonyl (C=O) groups is 1. The van der Waals surface area contributed by atoms with Crippen LogP contribution < -0.4 is 10.6 Å². The molecule has 1 aliphatic carbocycles. The van der Waals surface area contributed by atoms with Crippen molar-refractivity contribution in [3.63, 3.8) is 0 Å². The molecule has 1 heterocycles. The molecule has 0 unspecified atom stereocenters. The maximum absolute atomic E-state index is 12.6. The molecule has 0 bridgehead atoms. The number of amides is 1.